The third kappa shape index (κ3) is 3.49. The molecule has 1 saturated heterocycles. The molecule has 3 aliphatic heterocycles. The van der Waals surface area contributed by atoms with Gasteiger partial charge in [0, 0.05) is 43.9 Å². The van der Waals surface area contributed by atoms with Crippen LogP contribution in [0.1, 0.15) is 51.9 Å². The van der Waals surface area contributed by atoms with Crippen molar-refractivity contribution in [2.75, 3.05) is 11.4 Å². The first kappa shape index (κ1) is 19.8. The zero-order chi connectivity index (χ0) is 21.5. The first-order chi connectivity index (χ1) is 15.0. The van der Waals surface area contributed by atoms with Gasteiger partial charge in [-0.1, -0.05) is 30.3 Å². The number of nitrogens with zero attached hydrogens (tertiary/aromatic N) is 2. The van der Waals surface area contributed by atoms with E-state index in [9.17, 15) is 14.4 Å². The summed E-state index contributed by atoms with van der Waals surface area (Å²) in [6.07, 6.45) is 2.74. The fourth-order valence-electron chi connectivity index (χ4n) is 5.05. The van der Waals surface area contributed by atoms with Crippen LogP contribution in [0.5, 0.6) is 0 Å². The lowest BCUT2D eigenvalue weighted by atomic mass is 9.97. The number of anilines is 1. The summed E-state index contributed by atoms with van der Waals surface area (Å²) in [5.41, 5.74) is 12.1. The van der Waals surface area contributed by atoms with Crippen molar-refractivity contribution < 1.29 is 14.4 Å². The summed E-state index contributed by atoms with van der Waals surface area (Å²) in [6.45, 7) is 2.52. The first-order valence-corrected chi connectivity index (χ1v) is 10.9. The van der Waals surface area contributed by atoms with E-state index in [0.717, 1.165) is 36.1 Å². The molecule has 0 bridgehead atoms. The third-order valence-corrected chi connectivity index (χ3v) is 6.59. The number of hydrogen-bond donors (Lipinski definition) is 2. The van der Waals surface area contributed by atoms with Crippen molar-refractivity contribution in [1.29, 1.82) is 0 Å². The average molecular weight is 418 g/mol. The highest BCUT2D eigenvalue weighted by atomic mass is 16.2. The minimum absolute atomic E-state index is 0.115. The summed E-state index contributed by atoms with van der Waals surface area (Å²) in [4.78, 5) is 41.1. The second-order valence-electron chi connectivity index (χ2n) is 8.54. The fraction of sp³-hybridized carbons (Fsp3) is 0.375. The van der Waals surface area contributed by atoms with Crippen LogP contribution in [-0.4, -0.2) is 35.2 Å². The molecule has 1 atom stereocenters. The quantitative estimate of drug-likeness (QED) is 0.739. The molecule has 5 rings (SSSR count). The molecule has 0 aromatic heterocycles. The first-order valence-electron chi connectivity index (χ1n) is 10.9. The molecule has 3 aliphatic rings. The number of aryl methyl sites for hydroxylation is 1. The Labute approximate surface area is 181 Å². The van der Waals surface area contributed by atoms with Gasteiger partial charge >= 0.3 is 0 Å². The van der Waals surface area contributed by atoms with Crippen LogP contribution in [0, 0.1) is 0 Å². The lowest BCUT2D eigenvalue weighted by molar-refractivity contribution is -0.136. The Balaban J connectivity index is 1.41. The molecule has 2 aromatic rings. The lowest BCUT2D eigenvalue weighted by Gasteiger charge is -2.32. The average Bonchev–Trinajstić information content (AvgIpc) is 3.11. The Morgan fingerprint density at radius 2 is 1.94 bits per heavy atom. The maximum absolute atomic E-state index is 13.3. The number of nitrogens with one attached hydrogen (secondary N) is 1. The number of amides is 3. The fourth-order valence-corrected chi connectivity index (χ4v) is 5.05. The monoisotopic (exact) mass is 418 g/mol. The summed E-state index contributed by atoms with van der Waals surface area (Å²) in [5.74, 6) is -0.761. The van der Waals surface area contributed by atoms with Gasteiger partial charge in [0.05, 0.1) is 0 Å². The van der Waals surface area contributed by atoms with Gasteiger partial charge in [-0.3, -0.25) is 19.7 Å². The van der Waals surface area contributed by atoms with Crippen molar-refractivity contribution in [2.45, 2.75) is 51.4 Å². The summed E-state index contributed by atoms with van der Waals surface area (Å²) >= 11 is 0. The molecule has 1 fully saturated rings. The van der Waals surface area contributed by atoms with Gasteiger partial charge in [0.25, 0.3) is 5.91 Å². The molecule has 1 unspecified atom stereocenters. The van der Waals surface area contributed by atoms with E-state index in [-0.39, 0.29) is 24.1 Å². The zero-order valence-corrected chi connectivity index (χ0v) is 17.4. The van der Waals surface area contributed by atoms with Crippen molar-refractivity contribution in [3.05, 3.63) is 64.2 Å². The van der Waals surface area contributed by atoms with Crippen LogP contribution < -0.4 is 16.0 Å². The second kappa shape index (κ2) is 7.81. The summed E-state index contributed by atoms with van der Waals surface area (Å²) < 4.78 is 0. The standard InChI is InChI=1S/C24H26N4O3/c25-12-15-6-7-19-16(11-15)5-2-10-27(19)13-17-3-1-4-18-14-28(24(31)22(17)18)20-8-9-21(29)26-23(20)30/h1,3-4,6-7,11,20H,2,5,8-10,12-14,25H2,(H,26,29,30). The van der Waals surface area contributed by atoms with Gasteiger partial charge in [0.1, 0.15) is 6.04 Å². The molecule has 0 saturated carbocycles. The molecule has 7 heteroatoms. The molecular formula is C24H26N4O3. The molecule has 3 heterocycles. The second-order valence-corrected chi connectivity index (χ2v) is 8.54. The van der Waals surface area contributed by atoms with Crippen molar-refractivity contribution in [3.8, 4) is 0 Å². The minimum atomic E-state index is -0.587. The van der Waals surface area contributed by atoms with E-state index in [1.807, 2.05) is 18.2 Å². The smallest absolute Gasteiger partial charge is 0.255 e. The molecular weight excluding hydrogens is 392 g/mol. The molecule has 31 heavy (non-hydrogen) atoms. The summed E-state index contributed by atoms with van der Waals surface area (Å²) in [5, 5.41) is 2.37. The number of rotatable bonds is 4. The molecule has 3 N–H and O–H groups in total. The van der Waals surface area contributed by atoms with Gasteiger partial charge in [0.2, 0.25) is 11.8 Å². The molecule has 7 nitrogen and oxygen atoms in total. The van der Waals surface area contributed by atoms with Gasteiger partial charge in [0.15, 0.2) is 0 Å². The largest absolute Gasteiger partial charge is 0.367 e. The number of nitrogens with two attached hydrogens (primary N) is 1. The normalized spacial score (nSPS) is 20.5. The van der Waals surface area contributed by atoms with E-state index in [2.05, 4.69) is 28.4 Å². The number of benzene rings is 2. The van der Waals surface area contributed by atoms with Crippen molar-refractivity contribution in [2.24, 2.45) is 5.73 Å². The maximum atomic E-state index is 13.3. The van der Waals surface area contributed by atoms with Gasteiger partial charge in [-0.25, -0.2) is 0 Å². The van der Waals surface area contributed by atoms with E-state index in [1.54, 1.807) is 4.90 Å². The van der Waals surface area contributed by atoms with Gasteiger partial charge < -0.3 is 15.5 Å². The van der Waals surface area contributed by atoms with E-state index in [1.165, 1.54) is 11.3 Å². The highest BCUT2D eigenvalue weighted by molar-refractivity contribution is 6.06. The topological polar surface area (TPSA) is 95.7 Å². The van der Waals surface area contributed by atoms with E-state index in [0.29, 0.717) is 31.6 Å². The molecule has 0 aliphatic carbocycles. The minimum Gasteiger partial charge on any atom is -0.367 e. The summed E-state index contributed by atoms with van der Waals surface area (Å²) in [6, 6.07) is 11.8. The van der Waals surface area contributed by atoms with Crippen LogP contribution in [-0.2, 0) is 35.6 Å². The van der Waals surface area contributed by atoms with Crippen LogP contribution >= 0.6 is 0 Å². The van der Waals surface area contributed by atoms with Crippen molar-refractivity contribution in [3.63, 3.8) is 0 Å². The van der Waals surface area contributed by atoms with E-state index in [4.69, 9.17) is 5.73 Å². The number of hydrogen-bond acceptors (Lipinski definition) is 5. The Kier molecular flexibility index (Phi) is 4.98. The van der Waals surface area contributed by atoms with Crippen LogP contribution in [0.4, 0.5) is 5.69 Å². The van der Waals surface area contributed by atoms with Crippen LogP contribution in [0.25, 0.3) is 0 Å². The predicted octanol–water partition coefficient (Wildman–Crippen LogP) is 1.86. The van der Waals surface area contributed by atoms with Crippen molar-refractivity contribution >= 4 is 23.4 Å². The Bertz CT molecular complexity index is 1080. The lowest BCUT2D eigenvalue weighted by Crippen LogP contribution is -2.52. The molecule has 160 valence electrons. The zero-order valence-electron chi connectivity index (χ0n) is 17.4. The highest BCUT2D eigenvalue weighted by Gasteiger charge is 2.40. The molecule has 0 radical (unpaired) electrons. The molecule has 2 aromatic carbocycles. The SMILES string of the molecule is NCc1ccc2c(c1)CCCN2Cc1cccc2c1C(=O)N(C1CCC(=O)NC1=O)C2. The predicted molar refractivity (Wildman–Crippen MR) is 116 cm³/mol. The number of fused-ring (bicyclic) bond motifs is 2. The number of piperidine rings is 1. The number of carbonyl (C=O) groups excluding carboxylic acids is 3. The Hall–Kier alpha value is -3.19. The van der Waals surface area contributed by atoms with Crippen molar-refractivity contribution in [1.82, 2.24) is 10.2 Å². The summed E-state index contributed by atoms with van der Waals surface area (Å²) in [7, 11) is 0. The third-order valence-electron chi connectivity index (χ3n) is 6.59. The Morgan fingerprint density at radius 3 is 2.74 bits per heavy atom. The Morgan fingerprint density at radius 1 is 1.06 bits per heavy atom. The highest BCUT2D eigenvalue weighted by Crippen LogP contribution is 2.33. The molecule has 0 spiro atoms. The van der Waals surface area contributed by atoms with E-state index < -0.39 is 6.04 Å². The maximum Gasteiger partial charge on any atom is 0.255 e. The van der Waals surface area contributed by atoms with Gasteiger partial charge in [-0.15, -0.1) is 0 Å². The van der Waals surface area contributed by atoms with Crippen LogP contribution in [0.2, 0.25) is 0 Å². The van der Waals surface area contributed by atoms with Crippen LogP contribution in [0.15, 0.2) is 36.4 Å². The van der Waals surface area contributed by atoms with Gasteiger partial charge in [-0.2, -0.15) is 0 Å². The number of carbonyl (C=O) groups is 3. The molecule has 3 amide bonds. The van der Waals surface area contributed by atoms with E-state index >= 15 is 0 Å². The number of imide groups is 1. The van der Waals surface area contributed by atoms with Gasteiger partial charge in [-0.05, 0) is 47.6 Å². The van der Waals surface area contributed by atoms with Crippen LogP contribution in [0.3, 0.4) is 0 Å².